The fourth-order valence-corrected chi connectivity index (χ4v) is 2.71. The Kier molecular flexibility index (Phi) is 4.67. The highest BCUT2D eigenvalue weighted by molar-refractivity contribution is 9.42. The molecule has 0 atom stereocenters. The molecule has 0 saturated heterocycles. The van der Waals surface area contributed by atoms with Crippen LogP contribution in [0.15, 0.2) is 17.6 Å². The molecule has 0 saturated carbocycles. The van der Waals surface area contributed by atoms with Gasteiger partial charge in [-0.1, -0.05) is 0 Å². The predicted molar refractivity (Wildman–Crippen MR) is 72.1 cm³/mol. The quantitative estimate of drug-likeness (QED) is 0.542. The molecule has 0 spiro atoms. The lowest BCUT2D eigenvalue weighted by atomic mass is 10.3. The number of nitrogens with zero attached hydrogens (tertiary/aromatic N) is 2. The first-order chi connectivity index (χ1) is 7.70. The third kappa shape index (κ3) is 3.24. The van der Waals surface area contributed by atoms with E-state index in [0.717, 1.165) is 12.4 Å². The summed E-state index contributed by atoms with van der Waals surface area (Å²) in [6.07, 6.45) is 2.27. The number of hydrogen-bond acceptors (Lipinski definition) is 5. The molecule has 1 aromatic rings. The average molecular weight is 452 g/mol. The third-order valence-corrected chi connectivity index (χ3v) is 6.80. The number of sulfone groups is 1. The summed E-state index contributed by atoms with van der Waals surface area (Å²) in [5.74, 6) is -0.392. The monoisotopic (exact) mass is 449 g/mol. The number of amides is 1. The second-order valence-corrected chi connectivity index (χ2v) is 13.1. The Morgan fingerprint density at radius 2 is 1.76 bits per heavy atom. The molecule has 0 aromatic carbocycles. The van der Waals surface area contributed by atoms with Gasteiger partial charge in [0.1, 0.15) is 0 Å². The molecule has 1 aromatic heterocycles. The van der Waals surface area contributed by atoms with E-state index in [1.54, 1.807) is 0 Å². The van der Waals surface area contributed by atoms with Gasteiger partial charge in [0.05, 0.1) is 5.56 Å². The van der Waals surface area contributed by atoms with Gasteiger partial charge in [-0.25, -0.2) is 18.4 Å². The Morgan fingerprint density at radius 1 is 1.29 bits per heavy atom. The molecule has 94 valence electrons. The van der Waals surface area contributed by atoms with Crippen LogP contribution in [0, 0.1) is 0 Å². The normalized spacial score (nSPS) is 12.2. The summed E-state index contributed by atoms with van der Waals surface area (Å²) < 4.78 is 22.1. The van der Waals surface area contributed by atoms with E-state index < -0.39 is 22.4 Å². The lowest BCUT2D eigenvalue weighted by molar-refractivity contribution is 0.0962. The molecule has 0 radical (unpaired) electrons. The van der Waals surface area contributed by atoms with Crippen molar-refractivity contribution in [1.82, 2.24) is 15.3 Å². The smallest absolute Gasteiger partial charge is 0.254 e. The largest absolute Gasteiger partial charge is 0.355 e. The van der Waals surface area contributed by atoms with Crippen LogP contribution in [0.3, 0.4) is 0 Å². The van der Waals surface area contributed by atoms with Crippen molar-refractivity contribution in [3.63, 3.8) is 0 Å². The highest BCUT2D eigenvalue weighted by Crippen LogP contribution is 2.41. The van der Waals surface area contributed by atoms with Crippen molar-refractivity contribution in [2.45, 2.75) is 6.63 Å². The van der Waals surface area contributed by atoms with E-state index >= 15 is 0 Å². The summed E-state index contributed by atoms with van der Waals surface area (Å²) in [5, 5.41) is 1.97. The molecular weight excluding hydrogens is 446 g/mol. The van der Waals surface area contributed by atoms with Gasteiger partial charge in [0, 0.05) is 19.4 Å². The molecule has 0 fully saturated rings. The van der Waals surface area contributed by atoms with Crippen molar-refractivity contribution in [1.29, 1.82) is 0 Å². The molecular formula is C7H6Br3N3O3S. The lowest BCUT2D eigenvalue weighted by Crippen LogP contribution is -2.22. The van der Waals surface area contributed by atoms with Crippen molar-refractivity contribution in [3.05, 3.63) is 18.0 Å². The predicted octanol–water partition coefficient (Wildman–Crippen LogP) is 1.41. The van der Waals surface area contributed by atoms with E-state index in [9.17, 15) is 13.2 Å². The maximum Gasteiger partial charge on any atom is 0.254 e. The zero-order chi connectivity index (χ0) is 13.3. The van der Waals surface area contributed by atoms with Gasteiger partial charge in [-0.2, -0.15) is 0 Å². The van der Waals surface area contributed by atoms with Crippen molar-refractivity contribution in [3.8, 4) is 0 Å². The van der Waals surface area contributed by atoms with Gasteiger partial charge in [0.15, 0.2) is 0 Å². The number of nitrogens with one attached hydrogen (secondary N) is 1. The molecule has 1 heterocycles. The van der Waals surface area contributed by atoms with Gasteiger partial charge in [-0.3, -0.25) is 4.79 Å². The summed E-state index contributed by atoms with van der Waals surface area (Å²) in [6, 6.07) is 0. The Labute approximate surface area is 123 Å². The van der Waals surface area contributed by atoms with Gasteiger partial charge in [0.2, 0.25) is 16.5 Å². The molecule has 0 aliphatic carbocycles. The first kappa shape index (κ1) is 15.0. The summed E-state index contributed by atoms with van der Waals surface area (Å²) in [6.45, 7) is 0. The molecule has 17 heavy (non-hydrogen) atoms. The molecule has 1 N–H and O–H groups in total. The van der Waals surface area contributed by atoms with Crippen LogP contribution < -0.4 is 5.32 Å². The number of halogens is 3. The van der Waals surface area contributed by atoms with Crippen LogP contribution >= 0.6 is 47.8 Å². The first-order valence-corrected chi connectivity index (χ1v) is 7.92. The number of carbonyl (C=O) groups excluding carboxylic acids is 1. The number of rotatable bonds is 2. The van der Waals surface area contributed by atoms with Crippen molar-refractivity contribution < 1.29 is 13.2 Å². The van der Waals surface area contributed by atoms with Gasteiger partial charge in [-0.05, 0) is 47.8 Å². The highest BCUT2D eigenvalue weighted by Gasteiger charge is 2.39. The minimum Gasteiger partial charge on any atom is -0.355 e. The summed E-state index contributed by atoms with van der Waals surface area (Å²) in [4.78, 5) is 18.5. The fraction of sp³-hybridized carbons (Fsp3) is 0.286. The highest BCUT2D eigenvalue weighted by atomic mass is 80.0. The van der Waals surface area contributed by atoms with E-state index in [1.807, 2.05) is 0 Å². The molecule has 10 heteroatoms. The van der Waals surface area contributed by atoms with Crippen molar-refractivity contribution in [2.24, 2.45) is 0 Å². The minimum atomic E-state index is -3.83. The zero-order valence-electron chi connectivity index (χ0n) is 8.32. The summed E-state index contributed by atoms with van der Waals surface area (Å²) in [5.41, 5.74) is 0.177. The van der Waals surface area contributed by atoms with Crippen LogP contribution in [0.5, 0.6) is 0 Å². The molecule has 6 nitrogen and oxygen atoms in total. The average Bonchev–Trinajstić information content (AvgIpc) is 2.26. The zero-order valence-corrected chi connectivity index (χ0v) is 13.9. The maximum atomic E-state index is 11.8. The minimum absolute atomic E-state index is 0.177. The molecule has 1 rings (SSSR count). The molecule has 0 unspecified atom stereocenters. The topological polar surface area (TPSA) is 89.0 Å². The lowest BCUT2D eigenvalue weighted by Gasteiger charge is -2.11. The molecule has 1 amide bonds. The van der Waals surface area contributed by atoms with E-state index in [4.69, 9.17) is 0 Å². The number of alkyl halides is 3. The number of carbonyl (C=O) groups is 1. The maximum absolute atomic E-state index is 11.8. The molecule has 0 aliphatic rings. The van der Waals surface area contributed by atoms with Gasteiger partial charge in [-0.15, -0.1) is 0 Å². The second kappa shape index (κ2) is 5.29. The van der Waals surface area contributed by atoms with E-state index in [-0.39, 0.29) is 5.56 Å². The van der Waals surface area contributed by atoms with E-state index in [2.05, 4.69) is 63.1 Å². The van der Waals surface area contributed by atoms with Crippen LogP contribution in [0.2, 0.25) is 0 Å². The Hall–Kier alpha value is -0.0600. The van der Waals surface area contributed by atoms with Crippen LogP contribution in [0.1, 0.15) is 10.4 Å². The fourth-order valence-electron chi connectivity index (χ4n) is 0.820. The first-order valence-electron chi connectivity index (χ1n) is 4.05. The Balaban J connectivity index is 3.17. The van der Waals surface area contributed by atoms with Crippen LogP contribution in [-0.4, -0.2) is 32.8 Å². The van der Waals surface area contributed by atoms with Crippen LogP contribution in [-0.2, 0) is 9.84 Å². The number of aromatic nitrogens is 2. The Bertz CT molecular complexity index is 524. The molecule has 0 bridgehead atoms. The standard InChI is InChI=1S/C7H6Br3N3O3S/c1-11-5(14)4-2-12-6(13-3-4)17(15,16)7(8,9)10/h2-3H,1H3,(H,11,14). The van der Waals surface area contributed by atoms with E-state index in [0.29, 0.717) is 0 Å². The number of hydrogen-bond donors (Lipinski definition) is 1. The SMILES string of the molecule is CNC(=O)c1cnc(S(=O)(=O)C(Br)(Br)Br)nc1. The van der Waals surface area contributed by atoms with Crippen LogP contribution in [0.25, 0.3) is 0 Å². The van der Waals surface area contributed by atoms with E-state index in [1.165, 1.54) is 7.05 Å². The van der Waals surface area contributed by atoms with Gasteiger partial charge < -0.3 is 5.32 Å². The summed E-state index contributed by atoms with van der Waals surface area (Å²) >= 11 is 8.65. The summed E-state index contributed by atoms with van der Waals surface area (Å²) in [7, 11) is -2.38. The van der Waals surface area contributed by atoms with Gasteiger partial charge in [0.25, 0.3) is 5.91 Å². The Morgan fingerprint density at radius 3 is 2.12 bits per heavy atom. The van der Waals surface area contributed by atoms with Crippen LogP contribution in [0.4, 0.5) is 0 Å². The third-order valence-electron chi connectivity index (χ3n) is 1.66. The second-order valence-electron chi connectivity index (χ2n) is 2.78. The van der Waals surface area contributed by atoms with Crippen molar-refractivity contribution in [2.75, 3.05) is 7.05 Å². The van der Waals surface area contributed by atoms with Crippen molar-refractivity contribution >= 4 is 63.5 Å². The van der Waals surface area contributed by atoms with Gasteiger partial charge >= 0.3 is 0 Å². The molecule has 0 aliphatic heterocycles.